The highest BCUT2D eigenvalue weighted by Crippen LogP contribution is 2.39. The summed E-state index contributed by atoms with van der Waals surface area (Å²) in [7, 11) is 0. The Kier molecular flexibility index (Phi) is 5.01. The van der Waals surface area contributed by atoms with E-state index in [1.54, 1.807) is 0 Å². The molecule has 3 atom stereocenters. The molecule has 18 heavy (non-hydrogen) atoms. The minimum Gasteiger partial charge on any atom is -0.394 e. The van der Waals surface area contributed by atoms with Gasteiger partial charge in [-0.3, -0.25) is 0 Å². The van der Waals surface area contributed by atoms with E-state index in [-0.39, 0.29) is 5.54 Å². The lowest BCUT2D eigenvalue weighted by Gasteiger charge is -2.41. The highest BCUT2D eigenvalue weighted by atomic mass is 32.2. The van der Waals surface area contributed by atoms with Crippen molar-refractivity contribution >= 4 is 11.8 Å². The molecule has 2 fully saturated rings. The van der Waals surface area contributed by atoms with Crippen LogP contribution in [0.25, 0.3) is 0 Å². The summed E-state index contributed by atoms with van der Waals surface area (Å²) in [5, 5.41) is 15.0. The van der Waals surface area contributed by atoms with Crippen LogP contribution >= 0.6 is 11.8 Å². The van der Waals surface area contributed by atoms with Gasteiger partial charge in [-0.2, -0.15) is 11.8 Å². The van der Waals surface area contributed by atoms with Crippen LogP contribution in [0.15, 0.2) is 0 Å². The van der Waals surface area contributed by atoms with Gasteiger partial charge in [0.25, 0.3) is 0 Å². The molecule has 0 aromatic rings. The topological polar surface area (TPSA) is 32.3 Å². The third-order valence-corrected chi connectivity index (χ3v) is 6.30. The Labute approximate surface area is 116 Å². The lowest BCUT2D eigenvalue weighted by molar-refractivity contribution is 0.121. The van der Waals surface area contributed by atoms with Gasteiger partial charge in [0.1, 0.15) is 0 Å². The standard InChI is InChI=1S/C15H29NOS/c1-11(2)12(3)18-14-5-4-8-15(9-14,10-17)16-13-6-7-13/h11-14,16-17H,4-10H2,1-3H3. The van der Waals surface area contributed by atoms with Gasteiger partial charge in [0.05, 0.1) is 6.61 Å². The second-order valence-electron chi connectivity index (χ2n) is 6.66. The first-order valence-electron chi connectivity index (χ1n) is 7.59. The molecule has 0 aromatic carbocycles. The van der Waals surface area contributed by atoms with E-state index in [0.717, 1.165) is 29.3 Å². The largest absolute Gasteiger partial charge is 0.394 e. The molecule has 0 amide bonds. The predicted octanol–water partition coefficient (Wildman–Crippen LogP) is 3.19. The summed E-state index contributed by atoms with van der Waals surface area (Å²) in [4.78, 5) is 0. The average molecular weight is 271 g/mol. The van der Waals surface area contributed by atoms with Crippen LogP contribution in [-0.4, -0.2) is 33.8 Å². The molecule has 0 heterocycles. The van der Waals surface area contributed by atoms with Gasteiger partial charge in [-0.25, -0.2) is 0 Å². The van der Waals surface area contributed by atoms with Gasteiger partial charge in [0.15, 0.2) is 0 Å². The number of aliphatic hydroxyl groups excluding tert-OH is 1. The predicted molar refractivity (Wildman–Crippen MR) is 80.1 cm³/mol. The van der Waals surface area contributed by atoms with E-state index in [4.69, 9.17) is 0 Å². The molecule has 0 radical (unpaired) electrons. The van der Waals surface area contributed by atoms with Gasteiger partial charge in [-0.1, -0.05) is 27.2 Å². The molecule has 2 saturated carbocycles. The van der Waals surface area contributed by atoms with E-state index in [2.05, 4.69) is 37.8 Å². The van der Waals surface area contributed by atoms with Crippen LogP contribution in [0.4, 0.5) is 0 Å². The van der Waals surface area contributed by atoms with Crippen molar-refractivity contribution in [2.24, 2.45) is 5.92 Å². The molecule has 2 aliphatic carbocycles. The van der Waals surface area contributed by atoms with E-state index in [1.165, 1.54) is 25.7 Å². The van der Waals surface area contributed by atoms with Crippen molar-refractivity contribution in [3.8, 4) is 0 Å². The monoisotopic (exact) mass is 271 g/mol. The minimum atomic E-state index is 0.0355. The van der Waals surface area contributed by atoms with Crippen LogP contribution in [-0.2, 0) is 0 Å². The second kappa shape index (κ2) is 6.15. The summed E-state index contributed by atoms with van der Waals surface area (Å²) in [6.07, 6.45) is 7.53. The Morgan fingerprint density at radius 3 is 2.56 bits per heavy atom. The molecular weight excluding hydrogens is 242 g/mol. The maximum Gasteiger partial charge on any atom is 0.0613 e. The van der Waals surface area contributed by atoms with Crippen LogP contribution in [0.2, 0.25) is 0 Å². The first kappa shape index (κ1) is 14.7. The van der Waals surface area contributed by atoms with Gasteiger partial charge >= 0.3 is 0 Å². The molecule has 3 unspecified atom stereocenters. The van der Waals surface area contributed by atoms with E-state index in [1.807, 2.05) is 0 Å². The lowest BCUT2D eigenvalue weighted by atomic mass is 9.82. The maximum atomic E-state index is 9.81. The third kappa shape index (κ3) is 3.88. The van der Waals surface area contributed by atoms with Crippen molar-refractivity contribution < 1.29 is 5.11 Å². The highest BCUT2D eigenvalue weighted by Gasteiger charge is 2.40. The Bertz CT molecular complexity index is 267. The van der Waals surface area contributed by atoms with Crippen LogP contribution in [0.5, 0.6) is 0 Å². The van der Waals surface area contributed by atoms with Crippen LogP contribution in [0, 0.1) is 5.92 Å². The summed E-state index contributed by atoms with van der Waals surface area (Å²) in [5.74, 6) is 0.747. The fourth-order valence-corrected chi connectivity index (χ4v) is 4.51. The van der Waals surface area contributed by atoms with E-state index in [9.17, 15) is 5.11 Å². The van der Waals surface area contributed by atoms with Crippen molar-refractivity contribution in [3.05, 3.63) is 0 Å². The summed E-state index contributed by atoms with van der Waals surface area (Å²) < 4.78 is 0. The number of thioether (sulfide) groups is 1. The normalized spacial score (nSPS) is 34.8. The molecule has 0 bridgehead atoms. The summed E-state index contributed by atoms with van der Waals surface area (Å²) in [6.45, 7) is 7.28. The molecule has 0 aromatic heterocycles. The van der Waals surface area contributed by atoms with Crippen LogP contribution in [0.3, 0.4) is 0 Å². The second-order valence-corrected chi connectivity index (χ2v) is 8.34. The van der Waals surface area contributed by atoms with Crippen molar-refractivity contribution in [1.29, 1.82) is 0 Å². The Balaban J connectivity index is 1.89. The first-order valence-corrected chi connectivity index (χ1v) is 8.53. The fraction of sp³-hybridized carbons (Fsp3) is 1.00. The van der Waals surface area contributed by atoms with Gasteiger partial charge in [-0.05, 0) is 38.0 Å². The molecule has 2 nitrogen and oxygen atoms in total. The Morgan fingerprint density at radius 2 is 2.00 bits per heavy atom. The zero-order valence-electron chi connectivity index (χ0n) is 12.1. The molecule has 2 aliphatic rings. The number of hydrogen-bond acceptors (Lipinski definition) is 3. The fourth-order valence-electron chi connectivity index (χ4n) is 2.87. The van der Waals surface area contributed by atoms with Gasteiger partial charge < -0.3 is 10.4 Å². The average Bonchev–Trinajstić information content (AvgIpc) is 3.13. The van der Waals surface area contributed by atoms with Gasteiger partial charge in [0.2, 0.25) is 0 Å². The maximum absolute atomic E-state index is 9.81. The van der Waals surface area contributed by atoms with Crippen molar-refractivity contribution in [2.75, 3.05) is 6.61 Å². The Hall–Kier alpha value is 0.270. The summed E-state index contributed by atoms with van der Waals surface area (Å²) in [6, 6.07) is 0.698. The molecule has 2 rings (SSSR count). The van der Waals surface area contributed by atoms with Gasteiger partial charge in [-0.15, -0.1) is 0 Å². The molecule has 0 spiro atoms. The third-order valence-electron chi connectivity index (χ3n) is 4.54. The van der Waals surface area contributed by atoms with Crippen molar-refractivity contribution in [3.63, 3.8) is 0 Å². The molecule has 0 aliphatic heterocycles. The smallest absolute Gasteiger partial charge is 0.0613 e. The van der Waals surface area contributed by atoms with Crippen LogP contribution < -0.4 is 5.32 Å². The highest BCUT2D eigenvalue weighted by molar-refractivity contribution is 8.00. The van der Waals surface area contributed by atoms with Crippen molar-refractivity contribution in [1.82, 2.24) is 5.32 Å². The quantitative estimate of drug-likeness (QED) is 0.778. The molecule has 106 valence electrons. The number of aliphatic hydroxyl groups is 1. The molecular formula is C15H29NOS. The number of nitrogens with one attached hydrogen (secondary N) is 1. The van der Waals surface area contributed by atoms with Crippen molar-refractivity contribution in [2.45, 2.75) is 81.4 Å². The summed E-state index contributed by atoms with van der Waals surface area (Å²) >= 11 is 2.14. The van der Waals surface area contributed by atoms with Crippen LogP contribution in [0.1, 0.15) is 59.3 Å². The van der Waals surface area contributed by atoms with E-state index < -0.39 is 0 Å². The molecule has 2 N–H and O–H groups in total. The number of rotatable bonds is 6. The van der Waals surface area contributed by atoms with Gasteiger partial charge in [0, 0.05) is 22.1 Å². The molecule has 3 heteroatoms. The summed E-state index contributed by atoms with van der Waals surface area (Å²) in [5.41, 5.74) is 0.0355. The lowest BCUT2D eigenvalue weighted by Crippen LogP contribution is -2.53. The van der Waals surface area contributed by atoms with E-state index >= 15 is 0 Å². The zero-order chi connectivity index (χ0) is 13.2. The molecule has 0 saturated heterocycles. The minimum absolute atomic E-state index is 0.0355. The number of hydrogen-bond donors (Lipinski definition) is 2. The SMILES string of the molecule is CC(C)C(C)SC1CCCC(CO)(NC2CC2)C1. The Morgan fingerprint density at radius 1 is 1.28 bits per heavy atom. The zero-order valence-corrected chi connectivity index (χ0v) is 12.9. The van der Waals surface area contributed by atoms with E-state index in [0.29, 0.717) is 12.6 Å². The first-order chi connectivity index (χ1) is 8.54.